The molecule has 0 radical (unpaired) electrons. The highest BCUT2D eigenvalue weighted by Gasteiger charge is 2.57. The van der Waals surface area contributed by atoms with E-state index in [1.807, 2.05) is 0 Å². The number of fused-ring (bicyclic) bond motifs is 5. The largest absolute Gasteiger partial charge is 0.303 e. The van der Waals surface area contributed by atoms with E-state index < -0.39 is 0 Å². The summed E-state index contributed by atoms with van der Waals surface area (Å²) in [4.78, 5) is 11.2. The van der Waals surface area contributed by atoms with Crippen LogP contribution in [-0.4, -0.2) is 6.29 Å². The van der Waals surface area contributed by atoms with E-state index in [2.05, 4.69) is 13.8 Å². The number of hydrogen-bond donors (Lipinski definition) is 0. The highest BCUT2D eigenvalue weighted by Crippen LogP contribution is 2.66. The van der Waals surface area contributed by atoms with Crippen molar-refractivity contribution in [3.05, 3.63) is 0 Å². The van der Waals surface area contributed by atoms with E-state index in [-0.39, 0.29) is 0 Å². The SMILES string of the molecule is C[C@@]12CCC[C@H]1[C@@H]1CCC3CC(C=O)CC[C@]3(C)[C@H]1CC2. The molecule has 4 rings (SSSR count). The van der Waals surface area contributed by atoms with Gasteiger partial charge in [-0.15, -0.1) is 0 Å². The van der Waals surface area contributed by atoms with Gasteiger partial charge >= 0.3 is 0 Å². The number of aldehydes is 1. The lowest BCUT2D eigenvalue weighted by Gasteiger charge is -2.60. The summed E-state index contributed by atoms with van der Waals surface area (Å²) in [7, 11) is 0. The molecule has 1 heteroatoms. The minimum Gasteiger partial charge on any atom is -0.303 e. The second-order valence-electron chi connectivity index (χ2n) is 9.41. The topological polar surface area (TPSA) is 17.1 Å². The van der Waals surface area contributed by atoms with Crippen molar-refractivity contribution < 1.29 is 4.79 Å². The summed E-state index contributed by atoms with van der Waals surface area (Å²) in [5.41, 5.74) is 1.25. The summed E-state index contributed by atoms with van der Waals surface area (Å²) in [5, 5.41) is 0. The molecule has 1 nitrogen and oxygen atoms in total. The first kappa shape index (κ1) is 14.3. The van der Waals surface area contributed by atoms with Gasteiger partial charge in [-0.1, -0.05) is 20.3 Å². The lowest BCUT2D eigenvalue weighted by atomic mass is 9.45. The van der Waals surface area contributed by atoms with Crippen LogP contribution in [0.3, 0.4) is 0 Å². The molecule has 0 heterocycles. The van der Waals surface area contributed by atoms with Crippen molar-refractivity contribution in [2.24, 2.45) is 40.4 Å². The van der Waals surface area contributed by atoms with Crippen LogP contribution in [0.1, 0.15) is 78.1 Å². The van der Waals surface area contributed by atoms with Gasteiger partial charge in [0.15, 0.2) is 0 Å². The Balaban J connectivity index is 1.60. The molecule has 0 aromatic heterocycles. The van der Waals surface area contributed by atoms with Gasteiger partial charge in [0, 0.05) is 5.92 Å². The Bertz CT molecular complexity index is 430. The molecule has 7 atom stereocenters. The van der Waals surface area contributed by atoms with E-state index in [4.69, 9.17) is 0 Å². The predicted molar refractivity (Wildman–Crippen MR) is 85.9 cm³/mol. The zero-order chi connectivity index (χ0) is 14.7. The summed E-state index contributed by atoms with van der Waals surface area (Å²) in [6.07, 6.45) is 15.3. The number of carbonyl (C=O) groups excluding carboxylic acids is 1. The second-order valence-corrected chi connectivity index (χ2v) is 9.41. The first-order valence-electron chi connectivity index (χ1n) is 9.52. The molecular weight excluding hydrogens is 256 g/mol. The molecule has 4 saturated carbocycles. The fourth-order valence-corrected chi connectivity index (χ4v) is 7.41. The van der Waals surface area contributed by atoms with Crippen molar-refractivity contribution in [3.63, 3.8) is 0 Å². The average molecular weight is 288 g/mol. The van der Waals surface area contributed by atoms with Gasteiger partial charge in [-0.25, -0.2) is 0 Å². The van der Waals surface area contributed by atoms with Crippen molar-refractivity contribution in [2.45, 2.75) is 78.1 Å². The Hall–Kier alpha value is -0.330. The maximum absolute atomic E-state index is 11.2. The number of rotatable bonds is 1. The van der Waals surface area contributed by atoms with Crippen LogP contribution in [-0.2, 0) is 4.79 Å². The molecule has 4 aliphatic carbocycles. The van der Waals surface area contributed by atoms with Crippen molar-refractivity contribution in [1.82, 2.24) is 0 Å². The summed E-state index contributed by atoms with van der Waals surface area (Å²) < 4.78 is 0. The van der Waals surface area contributed by atoms with Gasteiger partial charge in [0.25, 0.3) is 0 Å². The van der Waals surface area contributed by atoms with E-state index in [9.17, 15) is 4.79 Å². The van der Waals surface area contributed by atoms with Crippen LogP contribution in [0.15, 0.2) is 0 Å². The maximum atomic E-state index is 11.2. The number of carbonyl (C=O) groups is 1. The van der Waals surface area contributed by atoms with Crippen molar-refractivity contribution in [1.29, 1.82) is 0 Å². The van der Waals surface area contributed by atoms with Gasteiger partial charge in [0.2, 0.25) is 0 Å². The third-order valence-corrected chi connectivity index (χ3v) is 8.68. The molecule has 21 heavy (non-hydrogen) atoms. The molecule has 0 N–H and O–H groups in total. The van der Waals surface area contributed by atoms with Crippen LogP contribution in [0.5, 0.6) is 0 Å². The first-order chi connectivity index (χ1) is 10.1. The zero-order valence-corrected chi connectivity index (χ0v) is 13.9. The molecule has 0 spiro atoms. The maximum Gasteiger partial charge on any atom is 0.123 e. The van der Waals surface area contributed by atoms with Crippen LogP contribution in [0.2, 0.25) is 0 Å². The zero-order valence-electron chi connectivity index (χ0n) is 13.9. The molecule has 0 amide bonds. The molecule has 0 aromatic rings. The van der Waals surface area contributed by atoms with E-state index in [1.54, 1.807) is 0 Å². The monoisotopic (exact) mass is 288 g/mol. The fraction of sp³-hybridized carbons (Fsp3) is 0.950. The summed E-state index contributed by atoms with van der Waals surface area (Å²) >= 11 is 0. The molecule has 2 unspecified atom stereocenters. The molecule has 0 bridgehead atoms. The van der Waals surface area contributed by atoms with Gasteiger partial charge in [0.05, 0.1) is 0 Å². The van der Waals surface area contributed by atoms with Gasteiger partial charge < -0.3 is 4.79 Å². The highest BCUT2D eigenvalue weighted by molar-refractivity contribution is 5.53. The predicted octanol–water partition coefficient (Wildman–Crippen LogP) is 5.23. The van der Waals surface area contributed by atoms with Crippen LogP contribution in [0.25, 0.3) is 0 Å². The van der Waals surface area contributed by atoms with Gasteiger partial charge in [-0.2, -0.15) is 0 Å². The van der Waals surface area contributed by atoms with E-state index in [0.29, 0.717) is 16.7 Å². The highest BCUT2D eigenvalue weighted by atomic mass is 16.1. The summed E-state index contributed by atoms with van der Waals surface area (Å²) in [5.74, 6) is 4.23. The molecule has 0 aromatic carbocycles. The molecule has 4 aliphatic rings. The Kier molecular flexibility index (Phi) is 3.28. The third-order valence-electron chi connectivity index (χ3n) is 8.68. The molecule has 118 valence electrons. The van der Waals surface area contributed by atoms with Gasteiger partial charge in [0.1, 0.15) is 6.29 Å². The Morgan fingerprint density at radius 2 is 1.76 bits per heavy atom. The normalized spacial score (nSPS) is 56.2. The fourth-order valence-electron chi connectivity index (χ4n) is 7.41. The Morgan fingerprint density at radius 3 is 2.57 bits per heavy atom. The molecule has 0 aliphatic heterocycles. The Labute approximate surface area is 130 Å². The van der Waals surface area contributed by atoms with Crippen LogP contribution in [0.4, 0.5) is 0 Å². The van der Waals surface area contributed by atoms with E-state index >= 15 is 0 Å². The van der Waals surface area contributed by atoms with Crippen LogP contribution >= 0.6 is 0 Å². The molecule has 4 fully saturated rings. The van der Waals surface area contributed by atoms with Gasteiger partial charge in [-0.3, -0.25) is 0 Å². The van der Waals surface area contributed by atoms with Crippen molar-refractivity contribution >= 4 is 6.29 Å². The molecule has 0 saturated heterocycles. The smallest absolute Gasteiger partial charge is 0.123 e. The third kappa shape index (κ3) is 1.98. The standard InChI is InChI=1S/C20H32O/c1-19-9-3-4-17(19)16-6-5-15-12-14(13-21)7-11-20(15,2)18(16)8-10-19/h13-18H,3-12H2,1-2H3/t14?,15?,16-,17-,18-,19-,20-/m0/s1. The lowest BCUT2D eigenvalue weighted by molar-refractivity contribution is -0.125. The molecular formula is C20H32O. The van der Waals surface area contributed by atoms with E-state index in [1.165, 1.54) is 70.5 Å². The van der Waals surface area contributed by atoms with Crippen molar-refractivity contribution in [2.75, 3.05) is 0 Å². The summed E-state index contributed by atoms with van der Waals surface area (Å²) in [6.45, 7) is 5.20. The van der Waals surface area contributed by atoms with E-state index in [0.717, 1.165) is 23.7 Å². The minimum absolute atomic E-state index is 0.375. The minimum atomic E-state index is 0.375. The van der Waals surface area contributed by atoms with Crippen LogP contribution in [0, 0.1) is 40.4 Å². The summed E-state index contributed by atoms with van der Waals surface area (Å²) in [6, 6.07) is 0. The van der Waals surface area contributed by atoms with Crippen LogP contribution < -0.4 is 0 Å². The average Bonchev–Trinajstić information content (AvgIpc) is 2.88. The lowest BCUT2D eigenvalue weighted by Crippen LogP contribution is -2.52. The van der Waals surface area contributed by atoms with Crippen molar-refractivity contribution in [3.8, 4) is 0 Å². The first-order valence-corrected chi connectivity index (χ1v) is 9.52. The van der Waals surface area contributed by atoms with Gasteiger partial charge in [-0.05, 0) is 92.3 Å². The quantitative estimate of drug-likeness (QED) is 0.603. The Morgan fingerprint density at radius 1 is 0.905 bits per heavy atom. The number of hydrogen-bond acceptors (Lipinski definition) is 1. The second kappa shape index (κ2) is 4.83.